The monoisotopic (exact) mass is 325 g/mol. The smallest absolute Gasteiger partial charge is 0.387 e. The Kier molecular flexibility index (Phi) is 3.84. The lowest BCUT2D eigenvalue weighted by molar-refractivity contribution is -0.0499. The molecule has 1 aromatic rings. The highest BCUT2D eigenvalue weighted by atomic mass is 79.9. The van der Waals surface area contributed by atoms with Crippen molar-refractivity contribution in [2.24, 2.45) is 0 Å². The van der Waals surface area contributed by atoms with Gasteiger partial charge in [-0.15, -0.1) is 0 Å². The molecule has 14 heavy (non-hydrogen) atoms. The van der Waals surface area contributed by atoms with Crippen LogP contribution in [0.5, 0.6) is 5.75 Å². The van der Waals surface area contributed by atoms with Crippen LogP contribution in [0.25, 0.3) is 0 Å². The van der Waals surface area contributed by atoms with Gasteiger partial charge in [-0.1, -0.05) is 0 Å². The molecule has 74 valence electrons. The fourth-order valence-corrected chi connectivity index (χ4v) is 2.15. The summed E-state index contributed by atoms with van der Waals surface area (Å²) < 4.78 is 28.7. The molecule has 0 bridgehead atoms. The summed E-state index contributed by atoms with van der Waals surface area (Å²) in [5.41, 5.74) is 0.339. The average molecular weight is 327 g/mol. The molecular weight excluding hydrogens is 324 g/mol. The molecule has 0 aliphatic carbocycles. The van der Waals surface area contributed by atoms with Gasteiger partial charge in [0.05, 0.1) is 5.56 Å². The van der Waals surface area contributed by atoms with Crippen LogP contribution < -0.4 is 4.74 Å². The second-order valence-corrected chi connectivity index (χ2v) is 3.96. The summed E-state index contributed by atoms with van der Waals surface area (Å²) in [6, 6.07) is 4.54. The maximum absolute atomic E-state index is 11.8. The topological polar surface area (TPSA) is 33.0 Å². The fraction of sp³-hybridized carbons (Fsp3) is 0.125. The molecule has 0 fully saturated rings. The largest absolute Gasteiger partial charge is 0.435 e. The second kappa shape index (κ2) is 4.71. The van der Waals surface area contributed by atoms with Crippen LogP contribution in [0.4, 0.5) is 8.78 Å². The number of ether oxygens (including phenoxy) is 1. The summed E-state index contributed by atoms with van der Waals surface area (Å²) in [6.07, 6.45) is 0. The molecule has 0 atom stereocenters. The van der Waals surface area contributed by atoms with Gasteiger partial charge in [0.2, 0.25) is 0 Å². The Hall–Kier alpha value is -0.670. The fourth-order valence-electron chi connectivity index (χ4n) is 0.828. The minimum Gasteiger partial charge on any atom is -0.435 e. The molecule has 0 unspecified atom stereocenters. The first-order valence-electron chi connectivity index (χ1n) is 3.38. The average Bonchev–Trinajstić information content (AvgIpc) is 2.01. The Labute approximate surface area is 95.7 Å². The van der Waals surface area contributed by atoms with E-state index >= 15 is 0 Å². The molecule has 0 N–H and O–H groups in total. The predicted octanol–water partition coefficient (Wildman–Crippen LogP) is 3.68. The molecule has 0 spiro atoms. The molecule has 0 aliphatic heterocycles. The summed E-state index contributed by atoms with van der Waals surface area (Å²) in [4.78, 5) is 0. The number of benzene rings is 1. The first-order valence-corrected chi connectivity index (χ1v) is 4.97. The van der Waals surface area contributed by atoms with Crippen molar-refractivity contribution in [3.8, 4) is 11.8 Å². The molecule has 0 saturated carbocycles. The number of halogens is 4. The van der Waals surface area contributed by atoms with Gasteiger partial charge in [0, 0.05) is 8.95 Å². The summed E-state index contributed by atoms with van der Waals surface area (Å²) in [7, 11) is 0. The normalized spacial score (nSPS) is 10.0. The Morgan fingerprint density at radius 2 is 1.79 bits per heavy atom. The van der Waals surface area contributed by atoms with E-state index in [1.807, 2.05) is 6.07 Å². The Bertz CT molecular complexity index is 366. The maximum atomic E-state index is 11.8. The lowest BCUT2D eigenvalue weighted by Gasteiger charge is -2.06. The van der Waals surface area contributed by atoms with Crippen molar-refractivity contribution < 1.29 is 13.5 Å². The van der Waals surface area contributed by atoms with Crippen LogP contribution in [0.3, 0.4) is 0 Å². The van der Waals surface area contributed by atoms with Gasteiger partial charge < -0.3 is 4.74 Å². The zero-order valence-corrected chi connectivity index (χ0v) is 9.77. The standard InChI is InChI=1S/C8H3Br2F2NO/c9-6-1-4(14-8(11)12)2-7(10)5(6)3-13/h1-2,8H. The lowest BCUT2D eigenvalue weighted by Crippen LogP contribution is -2.02. The number of nitrogens with zero attached hydrogens (tertiary/aromatic N) is 1. The zero-order chi connectivity index (χ0) is 10.7. The van der Waals surface area contributed by atoms with Gasteiger partial charge in [0.15, 0.2) is 0 Å². The van der Waals surface area contributed by atoms with Crippen molar-refractivity contribution in [1.82, 2.24) is 0 Å². The number of hydrogen-bond acceptors (Lipinski definition) is 2. The van der Waals surface area contributed by atoms with Gasteiger partial charge in [0.25, 0.3) is 0 Å². The number of nitriles is 1. The van der Waals surface area contributed by atoms with Crippen LogP contribution in [-0.4, -0.2) is 6.61 Å². The molecule has 1 aromatic carbocycles. The van der Waals surface area contributed by atoms with Crippen molar-refractivity contribution in [3.63, 3.8) is 0 Å². The molecular formula is C8H3Br2F2NO. The van der Waals surface area contributed by atoms with E-state index < -0.39 is 6.61 Å². The van der Waals surface area contributed by atoms with Crippen LogP contribution in [0, 0.1) is 11.3 Å². The molecule has 1 rings (SSSR count). The van der Waals surface area contributed by atoms with Crippen LogP contribution in [-0.2, 0) is 0 Å². The maximum Gasteiger partial charge on any atom is 0.387 e. The van der Waals surface area contributed by atoms with E-state index in [0.717, 1.165) is 0 Å². The molecule has 2 nitrogen and oxygen atoms in total. The van der Waals surface area contributed by atoms with Crippen molar-refractivity contribution in [2.45, 2.75) is 6.61 Å². The van der Waals surface area contributed by atoms with Crippen molar-refractivity contribution in [1.29, 1.82) is 5.26 Å². The molecule has 0 saturated heterocycles. The number of hydrogen-bond donors (Lipinski definition) is 0. The molecule has 0 aromatic heterocycles. The van der Waals surface area contributed by atoms with Crippen LogP contribution >= 0.6 is 31.9 Å². The third-order valence-corrected chi connectivity index (χ3v) is 2.60. The number of alkyl halides is 2. The number of rotatable bonds is 2. The predicted molar refractivity (Wildman–Crippen MR) is 53.2 cm³/mol. The summed E-state index contributed by atoms with van der Waals surface area (Å²) in [5, 5.41) is 8.67. The van der Waals surface area contributed by atoms with E-state index in [9.17, 15) is 8.78 Å². The van der Waals surface area contributed by atoms with Gasteiger partial charge in [-0.25, -0.2) is 0 Å². The first-order chi connectivity index (χ1) is 6.54. The Balaban J connectivity index is 3.09. The summed E-state index contributed by atoms with van der Waals surface area (Å²) in [5.74, 6) is -0.00208. The zero-order valence-electron chi connectivity index (χ0n) is 6.60. The third-order valence-electron chi connectivity index (χ3n) is 1.35. The molecule has 0 amide bonds. The minimum absolute atomic E-state index is 0.00208. The minimum atomic E-state index is -2.87. The van der Waals surface area contributed by atoms with Gasteiger partial charge >= 0.3 is 6.61 Å². The first kappa shape index (κ1) is 11.4. The highest BCUT2D eigenvalue weighted by Crippen LogP contribution is 2.30. The summed E-state index contributed by atoms with van der Waals surface area (Å²) >= 11 is 6.14. The molecule has 0 aliphatic rings. The highest BCUT2D eigenvalue weighted by Gasteiger charge is 2.10. The van der Waals surface area contributed by atoms with Crippen molar-refractivity contribution >= 4 is 31.9 Å². The van der Waals surface area contributed by atoms with Crippen molar-refractivity contribution in [2.75, 3.05) is 0 Å². The van der Waals surface area contributed by atoms with Crippen molar-refractivity contribution in [3.05, 3.63) is 26.6 Å². The lowest BCUT2D eigenvalue weighted by atomic mass is 10.2. The third kappa shape index (κ3) is 2.66. The van der Waals surface area contributed by atoms with E-state index in [0.29, 0.717) is 14.5 Å². The molecule has 0 radical (unpaired) electrons. The molecule has 0 heterocycles. The quantitative estimate of drug-likeness (QED) is 0.830. The summed E-state index contributed by atoms with van der Waals surface area (Å²) in [6.45, 7) is -2.87. The second-order valence-electron chi connectivity index (χ2n) is 2.25. The van der Waals surface area contributed by atoms with Crippen LogP contribution in [0.1, 0.15) is 5.56 Å². The van der Waals surface area contributed by atoms with E-state index in [2.05, 4.69) is 36.6 Å². The molecule has 6 heteroatoms. The SMILES string of the molecule is N#Cc1c(Br)cc(OC(F)F)cc1Br. The van der Waals surface area contributed by atoms with Crippen LogP contribution in [0.15, 0.2) is 21.1 Å². The van der Waals surface area contributed by atoms with E-state index in [-0.39, 0.29) is 5.75 Å². The van der Waals surface area contributed by atoms with E-state index in [4.69, 9.17) is 5.26 Å². The van der Waals surface area contributed by atoms with Crippen LogP contribution in [0.2, 0.25) is 0 Å². The van der Waals surface area contributed by atoms with Gasteiger partial charge in [0.1, 0.15) is 11.8 Å². The van der Waals surface area contributed by atoms with E-state index in [1.165, 1.54) is 12.1 Å². The van der Waals surface area contributed by atoms with E-state index in [1.54, 1.807) is 0 Å². The highest BCUT2D eigenvalue weighted by molar-refractivity contribution is 9.11. The van der Waals surface area contributed by atoms with Gasteiger partial charge in [-0.05, 0) is 44.0 Å². The Morgan fingerprint density at radius 1 is 1.29 bits per heavy atom. The van der Waals surface area contributed by atoms with Gasteiger partial charge in [-0.2, -0.15) is 14.0 Å². The van der Waals surface area contributed by atoms with Gasteiger partial charge in [-0.3, -0.25) is 0 Å². The Morgan fingerprint density at radius 3 is 2.14 bits per heavy atom.